The first-order valence-corrected chi connectivity index (χ1v) is 6.47. The van der Waals surface area contributed by atoms with Crippen LogP contribution in [0, 0.1) is 4.77 Å². The van der Waals surface area contributed by atoms with Gasteiger partial charge in [-0.15, -0.1) is 0 Å². The first kappa shape index (κ1) is 12.0. The van der Waals surface area contributed by atoms with Crippen LogP contribution in [0.15, 0.2) is 18.2 Å². The van der Waals surface area contributed by atoms with Crippen LogP contribution in [0.25, 0.3) is 0 Å². The maximum atomic E-state index is 5.35. The molecule has 0 atom stereocenters. The Kier molecular flexibility index (Phi) is 3.12. The van der Waals surface area contributed by atoms with E-state index in [-0.39, 0.29) is 0 Å². The molecule has 0 unspecified atom stereocenters. The Balaban J connectivity index is 1.75. The van der Waals surface area contributed by atoms with Crippen molar-refractivity contribution in [3.05, 3.63) is 34.4 Å². The summed E-state index contributed by atoms with van der Waals surface area (Å²) >= 11 is 5.17. The molecule has 2 N–H and O–H groups in total. The lowest BCUT2D eigenvalue weighted by Gasteiger charge is -2.09. The maximum Gasteiger partial charge on any atom is 0.231 e. The summed E-state index contributed by atoms with van der Waals surface area (Å²) in [6.07, 6.45) is 0.807. The molecule has 1 aliphatic rings. The molecule has 7 heteroatoms. The number of fused-ring (bicyclic) bond motifs is 1. The fourth-order valence-electron chi connectivity index (χ4n) is 1.95. The summed E-state index contributed by atoms with van der Waals surface area (Å²) < 4.78 is 13.0. The molecule has 0 saturated carbocycles. The van der Waals surface area contributed by atoms with Crippen molar-refractivity contribution in [2.75, 3.05) is 12.2 Å². The quantitative estimate of drug-likeness (QED) is 0.837. The van der Waals surface area contributed by atoms with Crippen LogP contribution < -0.4 is 14.9 Å². The molecule has 100 valence electrons. The Labute approximate surface area is 115 Å². The summed E-state index contributed by atoms with van der Waals surface area (Å²) in [5.41, 5.74) is 4.33. The molecule has 3 rings (SSSR count). The number of H-pyrrole nitrogens is 1. The SMILES string of the molecule is CCc1n[nH]c(=S)n1NCc1ccc2c(c1)OCO2. The van der Waals surface area contributed by atoms with Crippen LogP contribution in [0.2, 0.25) is 0 Å². The summed E-state index contributed by atoms with van der Waals surface area (Å²) in [4.78, 5) is 0. The number of rotatable bonds is 4. The van der Waals surface area contributed by atoms with E-state index in [9.17, 15) is 0 Å². The fraction of sp³-hybridized carbons (Fsp3) is 0.333. The minimum Gasteiger partial charge on any atom is -0.454 e. The van der Waals surface area contributed by atoms with Gasteiger partial charge in [-0.2, -0.15) is 5.10 Å². The van der Waals surface area contributed by atoms with Gasteiger partial charge in [0.15, 0.2) is 17.3 Å². The zero-order chi connectivity index (χ0) is 13.2. The summed E-state index contributed by atoms with van der Waals surface area (Å²) in [7, 11) is 0. The topological polar surface area (TPSA) is 64.1 Å². The van der Waals surface area contributed by atoms with E-state index >= 15 is 0 Å². The number of benzene rings is 1. The van der Waals surface area contributed by atoms with Crippen LogP contribution in [-0.4, -0.2) is 21.7 Å². The van der Waals surface area contributed by atoms with E-state index in [2.05, 4.69) is 15.6 Å². The van der Waals surface area contributed by atoms with Gasteiger partial charge in [0.2, 0.25) is 11.6 Å². The van der Waals surface area contributed by atoms with Gasteiger partial charge < -0.3 is 14.9 Å². The van der Waals surface area contributed by atoms with E-state index in [0.717, 1.165) is 29.3 Å². The summed E-state index contributed by atoms with van der Waals surface area (Å²) in [6.45, 7) is 2.96. The number of nitrogens with zero attached hydrogens (tertiary/aromatic N) is 2. The minimum atomic E-state index is 0.291. The van der Waals surface area contributed by atoms with E-state index in [1.54, 1.807) is 4.68 Å². The normalized spacial score (nSPS) is 12.7. The molecular weight excluding hydrogens is 264 g/mol. The number of aromatic amines is 1. The minimum absolute atomic E-state index is 0.291. The van der Waals surface area contributed by atoms with Crippen LogP contribution in [0.3, 0.4) is 0 Å². The summed E-state index contributed by atoms with van der Waals surface area (Å²) in [5.74, 6) is 2.45. The third kappa shape index (κ3) is 2.28. The molecule has 0 saturated heterocycles. The molecule has 0 bridgehead atoms. The molecule has 0 aliphatic carbocycles. The smallest absolute Gasteiger partial charge is 0.231 e. The van der Waals surface area contributed by atoms with Crippen LogP contribution in [0.4, 0.5) is 0 Å². The van der Waals surface area contributed by atoms with Crippen molar-refractivity contribution in [3.8, 4) is 11.5 Å². The lowest BCUT2D eigenvalue weighted by molar-refractivity contribution is 0.174. The largest absolute Gasteiger partial charge is 0.454 e. The molecule has 0 amide bonds. The number of ether oxygens (including phenoxy) is 2. The number of aromatic nitrogens is 3. The second-order valence-corrected chi connectivity index (χ2v) is 4.54. The molecule has 2 heterocycles. The monoisotopic (exact) mass is 278 g/mol. The van der Waals surface area contributed by atoms with Gasteiger partial charge in [0, 0.05) is 6.42 Å². The molecule has 19 heavy (non-hydrogen) atoms. The molecule has 6 nitrogen and oxygen atoms in total. The predicted octanol–water partition coefficient (Wildman–Crippen LogP) is 1.98. The highest BCUT2D eigenvalue weighted by Crippen LogP contribution is 2.32. The van der Waals surface area contributed by atoms with E-state index in [0.29, 0.717) is 18.1 Å². The van der Waals surface area contributed by atoms with Crippen molar-refractivity contribution in [3.63, 3.8) is 0 Å². The molecule has 0 radical (unpaired) electrons. The van der Waals surface area contributed by atoms with Gasteiger partial charge in [-0.1, -0.05) is 13.0 Å². The Hall–Kier alpha value is -2.02. The molecular formula is C12H14N4O2S. The third-order valence-corrected chi connectivity index (χ3v) is 3.21. The molecule has 0 spiro atoms. The standard InChI is InChI=1S/C12H14N4O2S/c1-2-11-14-15-12(19)16(11)13-6-8-3-4-9-10(5-8)18-7-17-9/h3-5,13H,2,6-7H2,1H3,(H,15,19). The summed E-state index contributed by atoms with van der Waals surface area (Å²) in [5, 5.41) is 6.92. The van der Waals surface area contributed by atoms with Gasteiger partial charge in [0.1, 0.15) is 0 Å². The van der Waals surface area contributed by atoms with E-state index in [1.165, 1.54) is 0 Å². The number of hydrogen-bond acceptors (Lipinski definition) is 5. The van der Waals surface area contributed by atoms with Gasteiger partial charge in [0.25, 0.3) is 0 Å². The van der Waals surface area contributed by atoms with Gasteiger partial charge in [-0.3, -0.25) is 5.10 Å². The predicted molar refractivity (Wildman–Crippen MR) is 72.4 cm³/mol. The fourth-order valence-corrected chi connectivity index (χ4v) is 2.17. The van der Waals surface area contributed by atoms with Crippen molar-refractivity contribution in [1.82, 2.24) is 14.9 Å². The molecule has 1 aromatic heterocycles. The van der Waals surface area contributed by atoms with E-state index in [1.807, 2.05) is 25.1 Å². The zero-order valence-electron chi connectivity index (χ0n) is 10.5. The van der Waals surface area contributed by atoms with E-state index < -0.39 is 0 Å². The zero-order valence-corrected chi connectivity index (χ0v) is 11.3. The Bertz CT molecular complexity index is 649. The first-order valence-electron chi connectivity index (χ1n) is 6.06. The average molecular weight is 278 g/mol. The van der Waals surface area contributed by atoms with Crippen molar-refractivity contribution in [1.29, 1.82) is 0 Å². The third-order valence-electron chi connectivity index (χ3n) is 2.94. The summed E-state index contributed by atoms with van der Waals surface area (Å²) in [6, 6.07) is 5.87. The van der Waals surface area contributed by atoms with Gasteiger partial charge >= 0.3 is 0 Å². The Morgan fingerprint density at radius 1 is 1.42 bits per heavy atom. The van der Waals surface area contributed by atoms with Gasteiger partial charge in [-0.25, -0.2) is 4.68 Å². The average Bonchev–Trinajstić information content (AvgIpc) is 3.02. The van der Waals surface area contributed by atoms with Crippen molar-refractivity contribution >= 4 is 12.2 Å². The van der Waals surface area contributed by atoms with Crippen molar-refractivity contribution in [2.24, 2.45) is 0 Å². The Morgan fingerprint density at radius 2 is 2.26 bits per heavy atom. The number of aryl methyl sites for hydroxylation is 1. The lowest BCUT2D eigenvalue weighted by atomic mass is 10.2. The van der Waals surface area contributed by atoms with Crippen LogP contribution in [-0.2, 0) is 13.0 Å². The van der Waals surface area contributed by atoms with Crippen molar-refractivity contribution in [2.45, 2.75) is 19.9 Å². The number of nitrogens with one attached hydrogen (secondary N) is 2. The van der Waals surface area contributed by atoms with E-state index in [4.69, 9.17) is 21.7 Å². The van der Waals surface area contributed by atoms with Crippen molar-refractivity contribution < 1.29 is 9.47 Å². The molecule has 1 aliphatic heterocycles. The Morgan fingerprint density at radius 3 is 3.11 bits per heavy atom. The van der Waals surface area contributed by atoms with Crippen LogP contribution >= 0.6 is 12.2 Å². The number of hydrogen-bond donors (Lipinski definition) is 2. The van der Waals surface area contributed by atoms with Crippen LogP contribution in [0.1, 0.15) is 18.3 Å². The van der Waals surface area contributed by atoms with Crippen LogP contribution in [0.5, 0.6) is 11.5 Å². The lowest BCUT2D eigenvalue weighted by Crippen LogP contribution is -2.17. The molecule has 0 fully saturated rings. The second kappa shape index (κ2) is 4.93. The first-order chi connectivity index (χ1) is 9.28. The highest BCUT2D eigenvalue weighted by molar-refractivity contribution is 7.71. The highest BCUT2D eigenvalue weighted by atomic mass is 32.1. The molecule has 1 aromatic carbocycles. The highest BCUT2D eigenvalue weighted by Gasteiger charge is 2.13. The second-order valence-electron chi connectivity index (χ2n) is 4.16. The van der Waals surface area contributed by atoms with Gasteiger partial charge in [0.05, 0.1) is 6.54 Å². The maximum absolute atomic E-state index is 5.35. The van der Waals surface area contributed by atoms with Gasteiger partial charge in [-0.05, 0) is 29.9 Å². The molecule has 2 aromatic rings.